The Labute approximate surface area is 98.7 Å². The van der Waals surface area contributed by atoms with E-state index in [0.717, 1.165) is 0 Å². The third kappa shape index (κ3) is 2.36. The minimum atomic E-state index is -1.60. The summed E-state index contributed by atoms with van der Waals surface area (Å²) in [4.78, 5) is 0. The first-order valence-corrected chi connectivity index (χ1v) is 9.71. The van der Waals surface area contributed by atoms with Gasteiger partial charge in [0.05, 0.1) is 0 Å². The molecule has 0 unspecified atom stereocenters. The quantitative estimate of drug-likeness (QED) is 0.312. The van der Waals surface area contributed by atoms with Gasteiger partial charge in [0, 0.05) is 0 Å². The third-order valence-electron chi connectivity index (χ3n) is 2.59. The van der Waals surface area contributed by atoms with Crippen LogP contribution < -0.4 is 0 Å². The molecule has 0 aliphatic carbocycles. The first-order chi connectivity index (χ1) is 6.84. The predicted molar refractivity (Wildman–Crippen MR) is 59.2 cm³/mol. The number of rotatable bonds is 2. The number of aliphatic hydroxyl groups is 4. The molecule has 0 aromatic carbocycles. The molecule has 1 saturated heterocycles. The van der Waals surface area contributed by atoms with Gasteiger partial charge in [-0.05, 0) is 0 Å². The van der Waals surface area contributed by atoms with Crippen molar-refractivity contribution in [1.82, 2.24) is 0 Å². The van der Waals surface area contributed by atoms with Crippen molar-refractivity contribution in [2.75, 3.05) is 6.61 Å². The Morgan fingerprint density at radius 2 is 1.80 bits per heavy atom. The average molecular weight is 300 g/mol. The number of hydrogen-bond donors (Lipinski definition) is 5. The third-order valence-corrected chi connectivity index (χ3v) is 8.50. The first-order valence-electron chi connectivity index (χ1n) is 4.57. The SMILES string of the molecule is C[As](C)[C@@]1(S)O[C@H](CO)[C@@H](O)[C@H](O)[C@H]1O. The van der Waals surface area contributed by atoms with Crippen LogP contribution in [0.2, 0.25) is 11.4 Å². The van der Waals surface area contributed by atoms with Crippen LogP contribution >= 0.6 is 12.6 Å². The Balaban J connectivity index is 2.92. The molecule has 1 aliphatic rings. The van der Waals surface area contributed by atoms with Crippen LogP contribution in [0.15, 0.2) is 0 Å². The van der Waals surface area contributed by atoms with Crippen molar-refractivity contribution in [2.45, 2.75) is 39.6 Å². The van der Waals surface area contributed by atoms with Gasteiger partial charge in [0.25, 0.3) is 0 Å². The van der Waals surface area contributed by atoms with Gasteiger partial charge in [-0.25, -0.2) is 0 Å². The molecule has 4 N–H and O–H groups in total. The van der Waals surface area contributed by atoms with E-state index in [2.05, 4.69) is 12.6 Å². The van der Waals surface area contributed by atoms with Crippen LogP contribution in [0.4, 0.5) is 0 Å². The Morgan fingerprint density at radius 3 is 2.20 bits per heavy atom. The molecule has 7 heteroatoms. The molecular weight excluding hydrogens is 283 g/mol. The van der Waals surface area contributed by atoms with Crippen molar-refractivity contribution >= 4 is 27.3 Å². The Kier molecular flexibility index (Phi) is 4.51. The molecule has 0 amide bonds. The zero-order valence-corrected chi connectivity index (χ0v) is 11.4. The number of ether oxygens (including phenoxy) is 1. The topological polar surface area (TPSA) is 90.2 Å². The van der Waals surface area contributed by atoms with Gasteiger partial charge in [-0.3, -0.25) is 0 Å². The summed E-state index contributed by atoms with van der Waals surface area (Å²) in [7, 11) is 0. The van der Waals surface area contributed by atoms with Crippen molar-refractivity contribution in [3.8, 4) is 0 Å². The summed E-state index contributed by atoms with van der Waals surface area (Å²) in [5.74, 6) is 0. The molecule has 1 fully saturated rings. The summed E-state index contributed by atoms with van der Waals surface area (Å²) in [5.41, 5.74) is 3.84. The van der Waals surface area contributed by atoms with Crippen molar-refractivity contribution in [3.63, 3.8) is 0 Å². The van der Waals surface area contributed by atoms with Gasteiger partial charge in [0.2, 0.25) is 0 Å². The van der Waals surface area contributed by atoms with E-state index in [-0.39, 0.29) is 0 Å². The van der Waals surface area contributed by atoms with Crippen LogP contribution in [0.1, 0.15) is 0 Å². The van der Waals surface area contributed by atoms with E-state index in [1.807, 2.05) is 11.4 Å². The van der Waals surface area contributed by atoms with Crippen molar-refractivity contribution in [3.05, 3.63) is 0 Å². The van der Waals surface area contributed by atoms with E-state index >= 15 is 0 Å². The molecule has 0 aromatic rings. The standard InChI is InChI=1S/C8H17AsO5S/c1-9(2)8(15)7(13)6(12)5(11)4(3-10)14-8/h4-7,10-13,15H,3H2,1-2H3/t4-,5-,6+,7-,8-/m1/s1. The van der Waals surface area contributed by atoms with Gasteiger partial charge in [0.15, 0.2) is 0 Å². The molecule has 0 saturated carbocycles. The molecule has 5 atom stereocenters. The second-order valence-corrected chi connectivity index (χ2v) is 10.4. The number of hydrogen-bond acceptors (Lipinski definition) is 6. The van der Waals surface area contributed by atoms with Crippen LogP contribution in [-0.2, 0) is 4.74 Å². The summed E-state index contributed by atoms with van der Waals surface area (Å²) in [6.45, 7) is -0.407. The predicted octanol–water partition coefficient (Wildman–Crippen LogP) is -1.62. The second-order valence-electron chi connectivity index (χ2n) is 3.82. The molecule has 0 aromatic heterocycles. The fraction of sp³-hybridized carbons (Fsp3) is 1.00. The van der Waals surface area contributed by atoms with Crippen LogP contribution in [0.5, 0.6) is 0 Å². The normalized spacial score (nSPS) is 47.2. The zero-order valence-electron chi connectivity index (χ0n) is 8.61. The van der Waals surface area contributed by atoms with E-state index in [0.29, 0.717) is 0 Å². The van der Waals surface area contributed by atoms with Gasteiger partial charge in [0.1, 0.15) is 0 Å². The van der Waals surface area contributed by atoms with Crippen molar-refractivity contribution < 1.29 is 25.2 Å². The van der Waals surface area contributed by atoms with Gasteiger partial charge < -0.3 is 0 Å². The molecule has 15 heavy (non-hydrogen) atoms. The summed E-state index contributed by atoms with van der Waals surface area (Å²) >= 11 is 2.66. The zero-order chi connectivity index (χ0) is 11.8. The fourth-order valence-electron chi connectivity index (χ4n) is 1.51. The Morgan fingerprint density at radius 1 is 1.27 bits per heavy atom. The van der Waals surface area contributed by atoms with E-state index in [9.17, 15) is 15.3 Å². The van der Waals surface area contributed by atoms with Crippen molar-refractivity contribution in [2.24, 2.45) is 0 Å². The van der Waals surface area contributed by atoms with Gasteiger partial charge in [-0.1, -0.05) is 0 Å². The maximum absolute atomic E-state index is 9.79. The molecule has 0 bridgehead atoms. The molecule has 0 radical (unpaired) electrons. The van der Waals surface area contributed by atoms with Gasteiger partial charge in [-0.2, -0.15) is 0 Å². The van der Waals surface area contributed by atoms with Gasteiger partial charge >= 0.3 is 98.6 Å². The van der Waals surface area contributed by atoms with Crippen LogP contribution in [0.25, 0.3) is 0 Å². The van der Waals surface area contributed by atoms with Crippen LogP contribution in [0.3, 0.4) is 0 Å². The average Bonchev–Trinajstić information content (AvgIpc) is 2.20. The maximum atomic E-state index is 9.79. The van der Waals surface area contributed by atoms with E-state index in [1.165, 1.54) is 0 Å². The molecule has 1 heterocycles. The van der Waals surface area contributed by atoms with E-state index in [4.69, 9.17) is 9.84 Å². The summed E-state index contributed by atoms with van der Waals surface area (Å²) in [6, 6.07) is 0. The van der Waals surface area contributed by atoms with Crippen molar-refractivity contribution in [1.29, 1.82) is 0 Å². The summed E-state index contributed by atoms with van der Waals surface area (Å²) < 4.78 is 4.29. The summed E-state index contributed by atoms with van der Waals surface area (Å²) in [5, 5.41) is 37.9. The first kappa shape index (κ1) is 13.8. The summed E-state index contributed by atoms with van der Waals surface area (Å²) in [6.07, 6.45) is -4.73. The van der Waals surface area contributed by atoms with E-state index in [1.54, 1.807) is 0 Å². The fourth-order valence-corrected chi connectivity index (χ4v) is 3.95. The monoisotopic (exact) mass is 300 g/mol. The molecule has 90 valence electrons. The van der Waals surface area contributed by atoms with Crippen LogP contribution in [-0.4, -0.2) is 69.8 Å². The number of thiol groups is 1. The molecule has 5 nitrogen and oxygen atoms in total. The van der Waals surface area contributed by atoms with Crippen LogP contribution in [0, 0.1) is 0 Å². The van der Waals surface area contributed by atoms with E-state index < -0.39 is 49.4 Å². The molecular formula is C8H17AsO5S. The molecule has 1 rings (SSSR count). The minimum absolute atomic E-state index is 0.407. The Hall–Kier alpha value is 0.708. The second kappa shape index (κ2) is 4.92. The van der Waals surface area contributed by atoms with Gasteiger partial charge in [-0.15, -0.1) is 0 Å². The number of aliphatic hydroxyl groups excluding tert-OH is 4. The Bertz CT molecular complexity index is 227. The molecule has 1 aliphatic heterocycles. The molecule has 0 spiro atoms.